The summed E-state index contributed by atoms with van der Waals surface area (Å²) in [5.41, 5.74) is -1.62. The van der Waals surface area contributed by atoms with Crippen molar-refractivity contribution in [1.29, 1.82) is 0 Å². The lowest BCUT2D eigenvalue weighted by Gasteiger charge is -2.18. The van der Waals surface area contributed by atoms with Crippen LogP contribution in [0.2, 0.25) is 5.02 Å². The molecule has 1 aromatic carbocycles. The molecule has 0 aliphatic carbocycles. The molecule has 110 valence electrons. The first-order chi connectivity index (χ1) is 9.26. The maximum Gasteiger partial charge on any atom is 0.337 e. The Balaban J connectivity index is 2.61. The highest BCUT2D eigenvalue weighted by Crippen LogP contribution is 2.27. The van der Waals surface area contributed by atoms with Gasteiger partial charge in [-0.1, -0.05) is 11.6 Å². The number of hydrogen-bond donors (Lipinski definition) is 4. The predicted octanol–water partition coefficient (Wildman–Crippen LogP) is 1.31. The number of carbonyl (C=O) groups excluding carboxylic acids is 1. The molecule has 0 heterocycles. The first-order valence-electron chi connectivity index (χ1n) is 5.60. The number of aliphatic hydroxyl groups is 1. The van der Waals surface area contributed by atoms with Crippen LogP contribution in [0.25, 0.3) is 0 Å². The highest BCUT2D eigenvalue weighted by molar-refractivity contribution is 6.32. The molecule has 0 bridgehead atoms. The summed E-state index contributed by atoms with van der Waals surface area (Å²) >= 11 is 5.84. The van der Waals surface area contributed by atoms with Crippen molar-refractivity contribution in [3.8, 4) is 5.75 Å². The second-order valence-electron chi connectivity index (χ2n) is 4.24. The first-order valence-corrected chi connectivity index (χ1v) is 5.98. The van der Waals surface area contributed by atoms with Crippen molar-refractivity contribution in [2.75, 3.05) is 19.0 Å². The van der Waals surface area contributed by atoms with E-state index in [1.54, 1.807) is 12.1 Å². The Morgan fingerprint density at radius 3 is 2.65 bits per heavy atom. The standard InChI is InChI=1S/C12H15ClN2O5/c1-12(19,10(16)17)6-14-11(18)15-7-3-4-8(13)9(5-7)20-2/h3-5,19H,6H2,1-2H3,(H,16,17)(H2,14,15,18). The van der Waals surface area contributed by atoms with E-state index in [1.165, 1.54) is 13.2 Å². The van der Waals surface area contributed by atoms with Crippen molar-refractivity contribution < 1.29 is 24.5 Å². The van der Waals surface area contributed by atoms with Gasteiger partial charge in [0.15, 0.2) is 5.60 Å². The average molecular weight is 303 g/mol. The number of hydrogen-bond acceptors (Lipinski definition) is 4. The van der Waals surface area contributed by atoms with Gasteiger partial charge in [-0.25, -0.2) is 9.59 Å². The second-order valence-corrected chi connectivity index (χ2v) is 4.64. The van der Waals surface area contributed by atoms with Crippen molar-refractivity contribution in [1.82, 2.24) is 5.32 Å². The van der Waals surface area contributed by atoms with Crippen LogP contribution >= 0.6 is 11.6 Å². The number of urea groups is 1. The minimum absolute atomic E-state index is 0.391. The molecule has 0 aliphatic heterocycles. The highest BCUT2D eigenvalue weighted by atomic mass is 35.5. The molecule has 1 unspecified atom stereocenters. The zero-order chi connectivity index (χ0) is 15.3. The van der Waals surface area contributed by atoms with Gasteiger partial charge in [-0.3, -0.25) is 0 Å². The summed E-state index contributed by atoms with van der Waals surface area (Å²) in [7, 11) is 1.44. The summed E-state index contributed by atoms with van der Waals surface area (Å²) in [6, 6.07) is 3.95. The smallest absolute Gasteiger partial charge is 0.337 e. The van der Waals surface area contributed by atoms with Crippen LogP contribution in [0.3, 0.4) is 0 Å². The van der Waals surface area contributed by atoms with Gasteiger partial charge in [-0.05, 0) is 19.1 Å². The number of methoxy groups -OCH3 is 1. The number of ether oxygens (including phenoxy) is 1. The third-order valence-electron chi connectivity index (χ3n) is 2.46. The van der Waals surface area contributed by atoms with Gasteiger partial charge in [0.2, 0.25) is 0 Å². The van der Waals surface area contributed by atoms with Crippen LogP contribution in [0.1, 0.15) is 6.92 Å². The molecule has 1 atom stereocenters. The van der Waals surface area contributed by atoms with Gasteiger partial charge in [0.05, 0.1) is 18.7 Å². The van der Waals surface area contributed by atoms with E-state index in [-0.39, 0.29) is 0 Å². The number of amides is 2. The zero-order valence-electron chi connectivity index (χ0n) is 10.9. The number of rotatable bonds is 5. The normalized spacial score (nSPS) is 13.2. The van der Waals surface area contributed by atoms with Crippen LogP contribution in [-0.2, 0) is 4.79 Å². The van der Waals surface area contributed by atoms with E-state index in [0.29, 0.717) is 16.5 Å². The lowest BCUT2D eigenvalue weighted by Crippen LogP contribution is -2.47. The van der Waals surface area contributed by atoms with Crippen molar-refractivity contribution in [3.05, 3.63) is 23.2 Å². The fourth-order valence-electron chi connectivity index (χ4n) is 1.24. The van der Waals surface area contributed by atoms with Gasteiger partial charge in [0.25, 0.3) is 0 Å². The average Bonchev–Trinajstić information content (AvgIpc) is 2.38. The molecule has 1 aromatic rings. The van der Waals surface area contributed by atoms with Crippen LogP contribution in [0.5, 0.6) is 5.75 Å². The van der Waals surface area contributed by atoms with Gasteiger partial charge in [-0.2, -0.15) is 0 Å². The van der Waals surface area contributed by atoms with E-state index in [1.807, 2.05) is 0 Å². The molecule has 7 nitrogen and oxygen atoms in total. The number of carboxylic acids is 1. The number of anilines is 1. The number of nitrogens with one attached hydrogen (secondary N) is 2. The Labute approximate surface area is 120 Å². The summed E-state index contributed by atoms with van der Waals surface area (Å²) in [4.78, 5) is 22.2. The lowest BCUT2D eigenvalue weighted by atomic mass is 10.1. The van der Waals surface area contributed by atoms with E-state index >= 15 is 0 Å². The minimum atomic E-state index is -2.03. The van der Waals surface area contributed by atoms with Gasteiger partial charge in [-0.15, -0.1) is 0 Å². The van der Waals surface area contributed by atoms with Crippen LogP contribution in [-0.4, -0.2) is 41.5 Å². The van der Waals surface area contributed by atoms with E-state index in [9.17, 15) is 14.7 Å². The second kappa shape index (κ2) is 6.44. The monoisotopic (exact) mass is 302 g/mol. The van der Waals surface area contributed by atoms with Crippen LogP contribution in [0.15, 0.2) is 18.2 Å². The van der Waals surface area contributed by atoms with Crippen LogP contribution in [0, 0.1) is 0 Å². The van der Waals surface area contributed by atoms with Crippen molar-refractivity contribution in [2.24, 2.45) is 0 Å². The minimum Gasteiger partial charge on any atom is -0.495 e. The van der Waals surface area contributed by atoms with Crippen molar-refractivity contribution in [2.45, 2.75) is 12.5 Å². The lowest BCUT2D eigenvalue weighted by molar-refractivity contribution is -0.155. The third kappa shape index (κ3) is 4.29. The predicted molar refractivity (Wildman–Crippen MR) is 73.3 cm³/mol. The molecule has 0 saturated heterocycles. The number of carbonyl (C=O) groups is 2. The summed E-state index contributed by atoms with van der Waals surface area (Å²) in [5.74, 6) is -1.03. The number of aliphatic carboxylic acids is 1. The molecule has 1 rings (SSSR count). The molecule has 2 amide bonds. The summed E-state index contributed by atoms with van der Waals surface area (Å²) in [6.45, 7) is 0.653. The van der Waals surface area contributed by atoms with E-state index in [2.05, 4.69) is 10.6 Å². The number of carboxylic acid groups (broad SMARTS) is 1. The van der Waals surface area contributed by atoms with Gasteiger partial charge in [0, 0.05) is 11.8 Å². The molecule has 0 fully saturated rings. The Hall–Kier alpha value is -1.99. The molecule has 8 heteroatoms. The Kier molecular flexibility index (Phi) is 5.18. The number of halogens is 1. The van der Waals surface area contributed by atoms with E-state index < -0.39 is 24.1 Å². The first kappa shape index (κ1) is 16.1. The fraction of sp³-hybridized carbons (Fsp3) is 0.333. The molecule has 0 aromatic heterocycles. The molecule has 0 saturated carbocycles. The van der Waals surface area contributed by atoms with Gasteiger partial charge < -0.3 is 25.6 Å². The molecule has 4 N–H and O–H groups in total. The maximum atomic E-state index is 11.6. The van der Waals surface area contributed by atoms with Crippen molar-refractivity contribution >= 4 is 29.3 Å². The maximum absolute atomic E-state index is 11.6. The largest absolute Gasteiger partial charge is 0.495 e. The van der Waals surface area contributed by atoms with Gasteiger partial charge in [0.1, 0.15) is 5.75 Å². The number of benzene rings is 1. The zero-order valence-corrected chi connectivity index (χ0v) is 11.7. The van der Waals surface area contributed by atoms with Crippen LogP contribution in [0.4, 0.5) is 10.5 Å². The molecule has 0 radical (unpaired) electrons. The van der Waals surface area contributed by atoms with Crippen LogP contribution < -0.4 is 15.4 Å². The SMILES string of the molecule is COc1cc(NC(=O)NCC(C)(O)C(=O)O)ccc1Cl. The van der Waals surface area contributed by atoms with Gasteiger partial charge >= 0.3 is 12.0 Å². The Morgan fingerprint density at radius 1 is 1.45 bits per heavy atom. The van der Waals surface area contributed by atoms with E-state index in [4.69, 9.17) is 21.4 Å². The molecule has 0 spiro atoms. The molecular formula is C12H15ClN2O5. The van der Waals surface area contributed by atoms with Crippen molar-refractivity contribution in [3.63, 3.8) is 0 Å². The molecule has 0 aliphatic rings. The highest BCUT2D eigenvalue weighted by Gasteiger charge is 2.30. The third-order valence-corrected chi connectivity index (χ3v) is 2.78. The molecule has 20 heavy (non-hydrogen) atoms. The summed E-state index contributed by atoms with van der Waals surface area (Å²) in [6.07, 6.45) is 0. The fourth-order valence-corrected chi connectivity index (χ4v) is 1.44. The molecular weight excluding hydrogens is 288 g/mol. The van der Waals surface area contributed by atoms with E-state index in [0.717, 1.165) is 6.92 Å². The quantitative estimate of drug-likeness (QED) is 0.656. The topological polar surface area (TPSA) is 108 Å². The Bertz CT molecular complexity index is 519. The Morgan fingerprint density at radius 2 is 2.10 bits per heavy atom. The summed E-state index contributed by atoms with van der Waals surface area (Å²) < 4.78 is 4.99. The summed E-state index contributed by atoms with van der Waals surface area (Å²) in [5, 5.41) is 23.2.